The first-order valence-corrected chi connectivity index (χ1v) is 5.15. The second kappa shape index (κ2) is 4.03. The SMILES string of the molecule is C/C(N)=N\P(=O)(N(C)C)N(C)C. The van der Waals surface area contributed by atoms with Crippen molar-refractivity contribution in [3.8, 4) is 0 Å². The summed E-state index contributed by atoms with van der Waals surface area (Å²) in [6.07, 6.45) is 0. The van der Waals surface area contributed by atoms with Crippen molar-refractivity contribution in [2.45, 2.75) is 6.92 Å². The number of nitrogens with zero attached hydrogens (tertiary/aromatic N) is 3. The first-order chi connectivity index (χ1) is 5.30. The van der Waals surface area contributed by atoms with E-state index in [2.05, 4.69) is 4.76 Å². The van der Waals surface area contributed by atoms with Crippen LogP contribution in [0.4, 0.5) is 0 Å². The maximum absolute atomic E-state index is 12.0. The molecule has 5 nitrogen and oxygen atoms in total. The largest absolute Gasteiger partial charge is 0.387 e. The van der Waals surface area contributed by atoms with E-state index in [0.29, 0.717) is 5.84 Å². The molecule has 72 valence electrons. The third-order valence-corrected chi connectivity index (χ3v) is 3.99. The maximum atomic E-state index is 12.0. The minimum atomic E-state index is -2.79. The Kier molecular flexibility index (Phi) is 3.90. The van der Waals surface area contributed by atoms with Crippen LogP contribution >= 0.6 is 7.59 Å². The van der Waals surface area contributed by atoms with Crippen molar-refractivity contribution < 1.29 is 4.57 Å². The van der Waals surface area contributed by atoms with Crippen LogP contribution in [-0.2, 0) is 4.57 Å². The molecule has 0 atom stereocenters. The van der Waals surface area contributed by atoms with Crippen LogP contribution in [0.2, 0.25) is 0 Å². The van der Waals surface area contributed by atoms with Crippen molar-refractivity contribution in [2.75, 3.05) is 28.2 Å². The predicted octanol–water partition coefficient (Wildman–Crippen LogP) is 0.595. The van der Waals surface area contributed by atoms with Gasteiger partial charge in [-0.3, -0.25) is 4.57 Å². The summed E-state index contributed by atoms with van der Waals surface area (Å²) in [5.41, 5.74) is 5.38. The lowest BCUT2D eigenvalue weighted by Crippen LogP contribution is -2.21. The third kappa shape index (κ3) is 2.59. The van der Waals surface area contributed by atoms with Gasteiger partial charge in [-0.2, -0.15) is 4.76 Å². The zero-order chi connectivity index (χ0) is 9.94. The van der Waals surface area contributed by atoms with E-state index in [4.69, 9.17) is 5.73 Å². The fraction of sp³-hybridized carbons (Fsp3) is 0.833. The molecule has 0 aliphatic heterocycles. The van der Waals surface area contributed by atoms with Gasteiger partial charge in [-0.15, -0.1) is 0 Å². The lowest BCUT2D eigenvalue weighted by molar-refractivity contribution is 0.449. The fourth-order valence-electron chi connectivity index (χ4n) is 0.742. The molecule has 0 aromatic heterocycles. The molecule has 0 aromatic rings. The maximum Gasteiger partial charge on any atom is 0.329 e. The number of rotatable bonds is 3. The number of amidine groups is 1. The number of nitrogens with two attached hydrogens (primary N) is 1. The third-order valence-electron chi connectivity index (χ3n) is 1.33. The molecule has 0 radical (unpaired) electrons. The van der Waals surface area contributed by atoms with Crippen LogP contribution < -0.4 is 5.73 Å². The predicted molar refractivity (Wildman–Crippen MR) is 52.3 cm³/mol. The topological polar surface area (TPSA) is 61.9 Å². The van der Waals surface area contributed by atoms with Crippen molar-refractivity contribution in [2.24, 2.45) is 10.5 Å². The first-order valence-electron chi connectivity index (χ1n) is 3.58. The van der Waals surface area contributed by atoms with E-state index >= 15 is 0 Å². The van der Waals surface area contributed by atoms with Gasteiger partial charge < -0.3 is 5.73 Å². The smallest absolute Gasteiger partial charge is 0.329 e. The average Bonchev–Trinajstić information content (AvgIpc) is 1.84. The molecule has 0 heterocycles. The van der Waals surface area contributed by atoms with Crippen LogP contribution in [0.3, 0.4) is 0 Å². The highest BCUT2D eigenvalue weighted by molar-refractivity contribution is 7.57. The molecule has 12 heavy (non-hydrogen) atoms. The van der Waals surface area contributed by atoms with E-state index in [1.165, 1.54) is 0 Å². The number of hydrogen-bond acceptors (Lipinski definition) is 1. The van der Waals surface area contributed by atoms with Gasteiger partial charge in [-0.1, -0.05) is 0 Å². The van der Waals surface area contributed by atoms with Crippen LogP contribution in [0.25, 0.3) is 0 Å². The van der Waals surface area contributed by atoms with Crippen molar-refractivity contribution in [1.29, 1.82) is 0 Å². The van der Waals surface area contributed by atoms with Crippen molar-refractivity contribution >= 4 is 13.4 Å². The summed E-state index contributed by atoms with van der Waals surface area (Å²) in [5.74, 6) is 0.334. The summed E-state index contributed by atoms with van der Waals surface area (Å²) in [7, 11) is 4.07. The standard InChI is InChI=1S/C6H17N4OP/c1-6(7)8-12(11,9(2)3)10(4)5/h1-5H3,(H2,7,8,11). The van der Waals surface area contributed by atoms with E-state index < -0.39 is 7.59 Å². The van der Waals surface area contributed by atoms with Gasteiger partial charge in [0.15, 0.2) is 0 Å². The van der Waals surface area contributed by atoms with Gasteiger partial charge in [0.25, 0.3) is 0 Å². The van der Waals surface area contributed by atoms with E-state index in [0.717, 1.165) is 0 Å². The van der Waals surface area contributed by atoms with Gasteiger partial charge in [0.05, 0.1) is 0 Å². The summed E-state index contributed by atoms with van der Waals surface area (Å²) >= 11 is 0. The Labute approximate surface area is 73.8 Å². The lowest BCUT2D eigenvalue weighted by Gasteiger charge is -2.26. The molecule has 0 saturated heterocycles. The van der Waals surface area contributed by atoms with Gasteiger partial charge in [-0.25, -0.2) is 9.34 Å². The highest BCUT2D eigenvalue weighted by atomic mass is 31.2. The molecule has 6 heteroatoms. The van der Waals surface area contributed by atoms with Gasteiger partial charge >= 0.3 is 7.59 Å². The molecule has 0 rings (SSSR count). The fourth-order valence-corrected chi connectivity index (χ4v) is 2.23. The molecule has 0 amide bonds. The minimum Gasteiger partial charge on any atom is -0.387 e. The molecule has 0 fully saturated rings. The minimum absolute atomic E-state index is 0.334. The highest BCUT2D eigenvalue weighted by Crippen LogP contribution is 2.50. The van der Waals surface area contributed by atoms with Crippen LogP contribution in [0.5, 0.6) is 0 Å². The van der Waals surface area contributed by atoms with E-state index in [1.807, 2.05) is 0 Å². The Morgan fingerprint density at radius 1 is 1.25 bits per heavy atom. The van der Waals surface area contributed by atoms with Crippen molar-refractivity contribution in [1.82, 2.24) is 9.34 Å². The Bertz CT molecular complexity index is 208. The first kappa shape index (κ1) is 11.6. The highest BCUT2D eigenvalue weighted by Gasteiger charge is 2.26. The van der Waals surface area contributed by atoms with Crippen LogP contribution in [0.1, 0.15) is 6.92 Å². The summed E-state index contributed by atoms with van der Waals surface area (Å²) in [6, 6.07) is 0. The van der Waals surface area contributed by atoms with Crippen LogP contribution in [0.15, 0.2) is 4.76 Å². The van der Waals surface area contributed by atoms with E-state index in [9.17, 15) is 4.57 Å². The second-order valence-electron chi connectivity index (χ2n) is 2.95. The Morgan fingerprint density at radius 3 is 1.67 bits per heavy atom. The van der Waals surface area contributed by atoms with Gasteiger partial charge in [-0.05, 0) is 35.1 Å². The summed E-state index contributed by atoms with van der Waals surface area (Å²) in [4.78, 5) is 0. The average molecular weight is 192 g/mol. The van der Waals surface area contributed by atoms with Crippen LogP contribution in [-0.4, -0.2) is 43.4 Å². The monoisotopic (exact) mass is 192 g/mol. The zero-order valence-corrected chi connectivity index (χ0v) is 9.17. The normalized spacial score (nSPS) is 14.4. The van der Waals surface area contributed by atoms with Gasteiger partial charge in [0.1, 0.15) is 5.84 Å². The van der Waals surface area contributed by atoms with Crippen molar-refractivity contribution in [3.05, 3.63) is 0 Å². The Hall–Kier alpha value is -0.380. The van der Waals surface area contributed by atoms with E-state index in [-0.39, 0.29) is 0 Å². The van der Waals surface area contributed by atoms with E-state index in [1.54, 1.807) is 44.5 Å². The summed E-state index contributed by atoms with van der Waals surface area (Å²) < 4.78 is 19.1. The summed E-state index contributed by atoms with van der Waals surface area (Å²) in [6.45, 7) is 1.62. The molecular weight excluding hydrogens is 175 g/mol. The van der Waals surface area contributed by atoms with Gasteiger partial charge in [0, 0.05) is 0 Å². The second-order valence-corrected chi connectivity index (χ2v) is 5.78. The van der Waals surface area contributed by atoms with Crippen molar-refractivity contribution in [3.63, 3.8) is 0 Å². The van der Waals surface area contributed by atoms with Crippen LogP contribution in [0, 0.1) is 0 Å². The molecule has 2 N–H and O–H groups in total. The zero-order valence-electron chi connectivity index (χ0n) is 8.27. The molecule has 0 saturated carbocycles. The molecule has 0 unspecified atom stereocenters. The Balaban J connectivity index is 4.90. The Morgan fingerprint density at radius 2 is 1.58 bits per heavy atom. The molecule has 0 bridgehead atoms. The number of hydrogen-bond donors (Lipinski definition) is 1. The molecule has 0 aliphatic carbocycles. The van der Waals surface area contributed by atoms with Gasteiger partial charge in [0.2, 0.25) is 0 Å². The quantitative estimate of drug-likeness (QED) is 0.404. The lowest BCUT2D eigenvalue weighted by atomic mass is 10.8. The molecule has 0 spiro atoms. The molecule has 0 aromatic carbocycles. The summed E-state index contributed by atoms with van der Waals surface area (Å²) in [5, 5.41) is 0. The molecule has 0 aliphatic rings. The molecular formula is C6H17N4OP.